The Bertz CT molecular complexity index is 723. The van der Waals surface area contributed by atoms with Gasteiger partial charge in [-0.05, 0) is 25.1 Å². The second kappa shape index (κ2) is 5.95. The van der Waals surface area contributed by atoms with Crippen LogP contribution in [0.2, 0.25) is 0 Å². The highest BCUT2D eigenvalue weighted by atomic mass is 16.5. The van der Waals surface area contributed by atoms with Crippen molar-refractivity contribution in [1.29, 1.82) is 0 Å². The fraction of sp³-hybridized carbons (Fsp3) is 0.294. The second-order valence-electron chi connectivity index (χ2n) is 5.18. The van der Waals surface area contributed by atoms with Gasteiger partial charge in [-0.1, -0.05) is 26.0 Å². The van der Waals surface area contributed by atoms with Crippen molar-refractivity contribution in [1.82, 2.24) is 4.98 Å². The van der Waals surface area contributed by atoms with Gasteiger partial charge in [0.2, 0.25) is 0 Å². The van der Waals surface area contributed by atoms with Gasteiger partial charge in [0.1, 0.15) is 0 Å². The molecule has 0 spiro atoms. The third-order valence-corrected chi connectivity index (χ3v) is 3.35. The minimum Gasteiger partial charge on any atom is -0.465 e. The van der Waals surface area contributed by atoms with E-state index < -0.39 is 5.97 Å². The number of fused-ring (bicyclic) bond motifs is 1. The largest absolute Gasteiger partial charge is 0.465 e. The fourth-order valence-electron chi connectivity index (χ4n) is 2.31. The molecule has 1 N–H and O–H groups in total. The molecule has 0 bridgehead atoms. The van der Waals surface area contributed by atoms with E-state index in [1.54, 1.807) is 18.2 Å². The molecule has 110 valence electrons. The third kappa shape index (κ3) is 2.75. The summed E-state index contributed by atoms with van der Waals surface area (Å²) in [5.74, 6) is -0.399. The SMILES string of the molecule is C/C=C\c1[nH]c2cc(C(=O)OC)ccc2c1C(=O)C(C)C. The van der Waals surface area contributed by atoms with Gasteiger partial charge in [-0.2, -0.15) is 0 Å². The average molecular weight is 285 g/mol. The van der Waals surface area contributed by atoms with E-state index in [1.165, 1.54) is 7.11 Å². The smallest absolute Gasteiger partial charge is 0.337 e. The van der Waals surface area contributed by atoms with Crippen molar-refractivity contribution in [3.8, 4) is 0 Å². The maximum atomic E-state index is 12.4. The molecule has 4 heteroatoms. The number of carbonyl (C=O) groups excluding carboxylic acids is 2. The van der Waals surface area contributed by atoms with Crippen LogP contribution in [0.15, 0.2) is 24.3 Å². The highest BCUT2D eigenvalue weighted by Gasteiger charge is 2.20. The van der Waals surface area contributed by atoms with Crippen LogP contribution in [0.1, 0.15) is 47.2 Å². The molecule has 0 amide bonds. The molecule has 21 heavy (non-hydrogen) atoms. The summed E-state index contributed by atoms with van der Waals surface area (Å²) in [6.07, 6.45) is 3.75. The van der Waals surface area contributed by atoms with Crippen LogP contribution in [0.25, 0.3) is 17.0 Å². The number of H-pyrrole nitrogens is 1. The Labute approximate surface area is 123 Å². The first-order valence-electron chi connectivity index (χ1n) is 6.90. The molecular weight excluding hydrogens is 266 g/mol. The summed E-state index contributed by atoms with van der Waals surface area (Å²) in [4.78, 5) is 27.2. The molecular formula is C17H19NO3. The normalized spacial score (nSPS) is 11.5. The van der Waals surface area contributed by atoms with Gasteiger partial charge >= 0.3 is 5.97 Å². The van der Waals surface area contributed by atoms with Crippen LogP contribution in [0.3, 0.4) is 0 Å². The van der Waals surface area contributed by atoms with E-state index >= 15 is 0 Å². The first-order chi connectivity index (χ1) is 9.99. The minimum absolute atomic E-state index is 0.0835. The topological polar surface area (TPSA) is 59.2 Å². The number of carbonyl (C=O) groups is 2. The lowest BCUT2D eigenvalue weighted by molar-refractivity contribution is 0.0600. The van der Waals surface area contributed by atoms with Crippen molar-refractivity contribution >= 4 is 28.7 Å². The number of benzene rings is 1. The zero-order chi connectivity index (χ0) is 15.6. The predicted molar refractivity (Wildman–Crippen MR) is 83.5 cm³/mol. The summed E-state index contributed by atoms with van der Waals surface area (Å²) in [6, 6.07) is 5.19. The van der Waals surface area contributed by atoms with Gasteiger partial charge in [-0.3, -0.25) is 4.79 Å². The number of methoxy groups -OCH3 is 1. The molecule has 0 radical (unpaired) electrons. The number of nitrogens with one attached hydrogen (secondary N) is 1. The maximum absolute atomic E-state index is 12.4. The Balaban J connectivity index is 2.68. The lowest BCUT2D eigenvalue weighted by Crippen LogP contribution is -2.08. The fourth-order valence-corrected chi connectivity index (χ4v) is 2.31. The summed E-state index contributed by atoms with van der Waals surface area (Å²) in [7, 11) is 1.35. The molecule has 1 heterocycles. The lowest BCUT2D eigenvalue weighted by Gasteiger charge is -2.04. The van der Waals surface area contributed by atoms with E-state index in [0.29, 0.717) is 11.1 Å². The number of aromatic nitrogens is 1. The van der Waals surface area contributed by atoms with Crippen molar-refractivity contribution in [2.24, 2.45) is 5.92 Å². The molecule has 0 saturated heterocycles. The van der Waals surface area contributed by atoms with Crippen LogP contribution >= 0.6 is 0 Å². The zero-order valence-electron chi connectivity index (χ0n) is 12.7. The van der Waals surface area contributed by atoms with Gasteiger partial charge in [0.25, 0.3) is 0 Å². The number of ether oxygens (including phenoxy) is 1. The Morgan fingerprint density at radius 2 is 2.00 bits per heavy atom. The summed E-state index contributed by atoms with van der Waals surface area (Å²) in [6.45, 7) is 5.65. The third-order valence-electron chi connectivity index (χ3n) is 3.35. The summed E-state index contributed by atoms with van der Waals surface area (Å²) < 4.78 is 4.72. The molecule has 2 aromatic rings. The van der Waals surface area contributed by atoms with Gasteiger partial charge < -0.3 is 9.72 Å². The van der Waals surface area contributed by atoms with Crippen molar-refractivity contribution < 1.29 is 14.3 Å². The number of hydrogen-bond acceptors (Lipinski definition) is 3. The lowest BCUT2D eigenvalue weighted by atomic mass is 9.97. The molecule has 0 unspecified atom stereocenters. The number of aromatic amines is 1. The number of hydrogen-bond donors (Lipinski definition) is 1. The van der Waals surface area contributed by atoms with Gasteiger partial charge in [-0.15, -0.1) is 0 Å². The predicted octanol–water partition coefficient (Wildman–Crippen LogP) is 3.83. The van der Waals surface area contributed by atoms with Crippen LogP contribution in [0, 0.1) is 5.92 Å². The molecule has 2 rings (SSSR count). The molecule has 1 aromatic heterocycles. The Hall–Kier alpha value is -2.36. The molecule has 0 aliphatic carbocycles. The van der Waals surface area contributed by atoms with Crippen molar-refractivity contribution in [3.63, 3.8) is 0 Å². The number of Topliss-reactive ketones (excluding diaryl/α,β-unsaturated/α-hetero) is 1. The summed E-state index contributed by atoms with van der Waals surface area (Å²) in [5, 5.41) is 0.828. The molecule has 4 nitrogen and oxygen atoms in total. The number of esters is 1. The monoisotopic (exact) mass is 285 g/mol. The molecule has 0 saturated carbocycles. The number of ketones is 1. The van der Waals surface area contributed by atoms with E-state index in [2.05, 4.69) is 4.98 Å². The van der Waals surface area contributed by atoms with Crippen LogP contribution in [-0.2, 0) is 4.74 Å². The van der Waals surface area contributed by atoms with E-state index in [9.17, 15) is 9.59 Å². The highest BCUT2D eigenvalue weighted by Crippen LogP contribution is 2.27. The maximum Gasteiger partial charge on any atom is 0.337 e. The first-order valence-corrected chi connectivity index (χ1v) is 6.90. The van der Waals surface area contributed by atoms with Crippen molar-refractivity contribution in [3.05, 3.63) is 41.1 Å². The van der Waals surface area contributed by atoms with Crippen molar-refractivity contribution in [2.75, 3.05) is 7.11 Å². The summed E-state index contributed by atoms with van der Waals surface area (Å²) >= 11 is 0. The zero-order valence-corrected chi connectivity index (χ0v) is 12.7. The second-order valence-corrected chi connectivity index (χ2v) is 5.18. The Morgan fingerprint density at radius 1 is 1.29 bits per heavy atom. The minimum atomic E-state index is -0.393. The number of rotatable bonds is 4. The molecule has 0 atom stereocenters. The quantitative estimate of drug-likeness (QED) is 0.686. The average Bonchev–Trinajstić information content (AvgIpc) is 2.82. The standard InChI is InChI=1S/C17H19NO3/c1-5-6-13-15(16(19)10(2)3)12-8-7-11(17(20)21-4)9-14(12)18-13/h5-10,18H,1-4H3/b6-5-. The van der Waals surface area contributed by atoms with Gasteiger partial charge in [0.15, 0.2) is 5.78 Å². The van der Waals surface area contributed by atoms with Crippen LogP contribution in [0.5, 0.6) is 0 Å². The molecule has 0 aliphatic rings. The van der Waals surface area contributed by atoms with Crippen molar-refractivity contribution in [2.45, 2.75) is 20.8 Å². The highest BCUT2D eigenvalue weighted by molar-refractivity contribution is 6.12. The number of allylic oxidation sites excluding steroid dienone is 1. The van der Waals surface area contributed by atoms with E-state index in [4.69, 9.17) is 4.74 Å². The van der Waals surface area contributed by atoms with Crippen LogP contribution in [0.4, 0.5) is 0 Å². The van der Waals surface area contributed by atoms with E-state index in [1.807, 2.05) is 32.9 Å². The molecule has 0 aliphatic heterocycles. The van der Waals surface area contributed by atoms with Crippen LogP contribution < -0.4 is 0 Å². The van der Waals surface area contributed by atoms with E-state index in [-0.39, 0.29) is 11.7 Å². The van der Waals surface area contributed by atoms with Gasteiger partial charge in [-0.25, -0.2) is 4.79 Å². The van der Waals surface area contributed by atoms with Gasteiger partial charge in [0, 0.05) is 22.5 Å². The van der Waals surface area contributed by atoms with E-state index in [0.717, 1.165) is 16.6 Å². The molecule has 0 fully saturated rings. The molecule has 1 aromatic carbocycles. The summed E-state index contributed by atoms with van der Waals surface area (Å²) in [5.41, 5.74) is 2.67. The first kappa shape index (κ1) is 15.0. The Morgan fingerprint density at radius 3 is 2.57 bits per heavy atom. The van der Waals surface area contributed by atoms with Gasteiger partial charge in [0.05, 0.1) is 18.2 Å². The van der Waals surface area contributed by atoms with Crippen LogP contribution in [-0.4, -0.2) is 23.8 Å². The Kier molecular flexibility index (Phi) is 4.26.